The first-order valence-electron chi connectivity index (χ1n) is 9.36. The topological polar surface area (TPSA) is 82.1 Å². The molecule has 0 N–H and O–H groups in total. The van der Waals surface area contributed by atoms with Gasteiger partial charge in [0.25, 0.3) is 11.1 Å². The van der Waals surface area contributed by atoms with Gasteiger partial charge in [-0.15, -0.1) is 0 Å². The molecule has 0 saturated carbocycles. The Labute approximate surface area is 175 Å². The van der Waals surface area contributed by atoms with E-state index in [1.54, 1.807) is 45.0 Å². The molecule has 0 bridgehead atoms. The third kappa shape index (κ3) is 6.25. The van der Waals surface area contributed by atoms with Crippen molar-refractivity contribution in [3.8, 4) is 11.5 Å². The molecular formula is C21H27NO6S. The second-order valence-electron chi connectivity index (χ2n) is 7.60. The van der Waals surface area contributed by atoms with E-state index in [9.17, 15) is 14.4 Å². The largest absolute Gasteiger partial charge is 0.493 e. The third-order valence-corrected chi connectivity index (χ3v) is 4.88. The number of amides is 2. The fourth-order valence-electron chi connectivity index (χ4n) is 2.46. The Balaban J connectivity index is 2.17. The molecule has 0 spiro atoms. The molecule has 0 radical (unpaired) electrons. The van der Waals surface area contributed by atoms with Crippen LogP contribution < -0.4 is 9.47 Å². The lowest BCUT2D eigenvalue weighted by atomic mass is 10.1. The van der Waals surface area contributed by atoms with E-state index in [-0.39, 0.29) is 11.0 Å². The van der Waals surface area contributed by atoms with E-state index in [0.29, 0.717) is 17.1 Å². The lowest BCUT2D eigenvalue weighted by Gasteiger charge is -2.21. The van der Waals surface area contributed by atoms with Gasteiger partial charge >= 0.3 is 5.97 Å². The molecule has 8 heteroatoms. The van der Waals surface area contributed by atoms with Gasteiger partial charge < -0.3 is 14.2 Å². The zero-order chi connectivity index (χ0) is 21.8. The number of hydrogen-bond acceptors (Lipinski definition) is 7. The van der Waals surface area contributed by atoms with Crippen molar-refractivity contribution in [2.75, 3.05) is 13.7 Å². The van der Waals surface area contributed by atoms with Crippen molar-refractivity contribution < 1.29 is 28.6 Å². The SMILES string of the molecule is CC[C@H](C)Oc1ccc(/C=C2/SC(=O)N(CC(=O)OC(C)(C)C)C2=O)cc1OC. The molecule has 1 aromatic rings. The van der Waals surface area contributed by atoms with Crippen molar-refractivity contribution in [3.05, 3.63) is 28.7 Å². The summed E-state index contributed by atoms with van der Waals surface area (Å²) in [6.45, 7) is 8.75. The van der Waals surface area contributed by atoms with Crippen LogP contribution in [0.25, 0.3) is 6.08 Å². The standard InChI is InChI=1S/C21H27NO6S/c1-7-13(2)27-15-9-8-14(10-16(15)26-6)11-17-19(24)22(20(25)29-17)12-18(23)28-21(3,4)5/h8-11,13H,7,12H2,1-6H3/b17-11+/t13-/m0/s1. The molecule has 29 heavy (non-hydrogen) atoms. The van der Waals surface area contributed by atoms with Crippen LogP contribution in [0, 0.1) is 0 Å². The average molecular weight is 422 g/mol. The highest BCUT2D eigenvalue weighted by molar-refractivity contribution is 8.18. The quantitative estimate of drug-likeness (QED) is 0.481. The molecule has 1 saturated heterocycles. The van der Waals surface area contributed by atoms with Crippen LogP contribution in [0.15, 0.2) is 23.1 Å². The molecule has 1 fully saturated rings. The molecule has 2 amide bonds. The number of methoxy groups -OCH3 is 1. The van der Waals surface area contributed by atoms with Crippen LogP contribution >= 0.6 is 11.8 Å². The Kier molecular flexibility index (Phi) is 7.35. The molecule has 1 atom stereocenters. The van der Waals surface area contributed by atoms with Crippen molar-refractivity contribution in [2.24, 2.45) is 0 Å². The first-order chi connectivity index (χ1) is 13.5. The van der Waals surface area contributed by atoms with Gasteiger partial charge in [-0.1, -0.05) is 13.0 Å². The van der Waals surface area contributed by atoms with Crippen LogP contribution in [0.1, 0.15) is 46.6 Å². The Morgan fingerprint density at radius 1 is 1.24 bits per heavy atom. The van der Waals surface area contributed by atoms with Gasteiger partial charge in [0.05, 0.1) is 18.1 Å². The summed E-state index contributed by atoms with van der Waals surface area (Å²) in [5, 5.41) is -0.504. The minimum absolute atomic E-state index is 0.0408. The summed E-state index contributed by atoms with van der Waals surface area (Å²) in [7, 11) is 1.54. The molecule has 2 rings (SSSR count). The van der Waals surface area contributed by atoms with Gasteiger partial charge in [0, 0.05) is 0 Å². The molecule has 7 nitrogen and oxygen atoms in total. The number of thioether (sulfide) groups is 1. The van der Waals surface area contributed by atoms with E-state index in [2.05, 4.69) is 0 Å². The second kappa shape index (κ2) is 9.35. The number of nitrogens with zero attached hydrogens (tertiary/aromatic N) is 1. The summed E-state index contributed by atoms with van der Waals surface area (Å²) < 4.78 is 16.4. The second-order valence-corrected chi connectivity index (χ2v) is 8.59. The zero-order valence-electron chi connectivity index (χ0n) is 17.6. The number of ether oxygens (including phenoxy) is 3. The Bertz CT molecular complexity index is 827. The van der Waals surface area contributed by atoms with Crippen LogP contribution in [0.3, 0.4) is 0 Å². The van der Waals surface area contributed by atoms with Gasteiger partial charge in [-0.25, -0.2) is 0 Å². The minimum Gasteiger partial charge on any atom is -0.493 e. The van der Waals surface area contributed by atoms with Gasteiger partial charge in [0.2, 0.25) is 0 Å². The number of carbonyl (C=O) groups is 3. The van der Waals surface area contributed by atoms with Gasteiger partial charge in [-0.05, 0) is 69.6 Å². The molecule has 1 aliphatic rings. The molecule has 0 aliphatic carbocycles. The van der Waals surface area contributed by atoms with Crippen LogP contribution in [-0.4, -0.2) is 47.4 Å². The van der Waals surface area contributed by atoms with Crippen molar-refractivity contribution in [1.29, 1.82) is 0 Å². The van der Waals surface area contributed by atoms with E-state index in [0.717, 1.165) is 23.1 Å². The average Bonchev–Trinajstić information content (AvgIpc) is 2.88. The highest BCUT2D eigenvalue weighted by atomic mass is 32.2. The van der Waals surface area contributed by atoms with Crippen molar-refractivity contribution in [3.63, 3.8) is 0 Å². The highest BCUT2D eigenvalue weighted by Crippen LogP contribution is 2.35. The van der Waals surface area contributed by atoms with Gasteiger partial charge in [-0.3, -0.25) is 19.3 Å². The molecular weight excluding hydrogens is 394 g/mol. The normalized spacial score (nSPS) is 16.9. The Hall–Kier alpha value is -2.48. The molecule has 1 heterocycles. The van der Waals surface area contributed by atoms with E-state index >= 15 is 0 Å². The first-order valence-corrected chi connectivity index (χ1v) is 10.2. The summed E-state index contributed by atoms with van der Waals surface area (Å²) in [4.78, 5) is 37.9. The molecule has 1 aromatic carbocycles. The maximum Gasteiger partial charge on any atom is 0.326 e. The number of benzene rings is 1. The molecule has 0 aromatic heterocycles. The number of imide groups is 1. The Morgan fingerprint density at radius 2 is 1.93 bits per heavy atom. The molecule has 0 unspecified atom stereocenters. The summed E-state index contributed by atoms with van der Waals surface area (Å²) in [6.07, 6.45) is 2.49. The fraction of sp³-hybridized carbons (Fsp3) is 0.476. The summed E-state index contributed by atoms with van der Waals surface area (Å²) >= 11 is 0.787. The van der Waals surface area contributed by atoms with Crippen LogP contribution in [0.4, 0.5) is 4.79 Å². The maximum atomic E-state index is 12.6. The molecule has 1 aliphatic heterocycles. The highest BCUT2D eigenvalue weighted by Gasteiger charge is 2.37. The van der Waals surface area contributed by atoms with Gasteiger partial charge in [0.15, 0.2) is 11.5 Å². The van der Waals surface area contributed by atoms with Crippen molar-refractivity contribution >= 4 is 35.0 Å². The van der Waals surface area contributed by atoms with Crippen molar-refractivity contribution in [1.82, 2.24) is 4.90 Å². The van der Waals surface area contributed by atoms with Crippen LogP contribution in [0.2, 0.25) is 0 Å². The van der Waals surface area contributed by atoms with Gasteiger partial charge in [-0.2, -0.15) is 0 Å². The zero-order valence-corrected chi connectivity index (χ0v) is 18.4. The lowest BCUT2D eigenvalue weighted by molar-refractivity contribution is -0.156. The first kappa shape index (κ1) is 22.8. The van der Waals surface area contributed by atoms with E-state index in [1.165, 1.54) is 7.11 Å². The number of hydrogen-bond donors (Lipinski definition) is 0. The fourth-order valence-corrected chi connectivity index (χ4v) is 3.30. The predicted molar refractivity (Wildman–Crippen MR) is 112 cm³/mol. The Morgan fingerprint density at radius 3 is 2.52 bits per heavy atom. The predicted octanol–water partition coefficient (Wildman–Crippen LogP) is 4.25. The summed E-state index contributed by atoms with van der Waals surface area (Å²) in [5.74, 6) is -0.0110. The van der Waals surface area contributed by atoms with Gasteiger partial charge in [0.1, 0.15) is 12.1 Å². The third-order valence-electron chi connectivity index (χ3n) is 3.97. The number of esters is 1. The smallest absolute Gasteiger partial charge is 0.326 e. The van der Waals surface area contributed by atoms with Crippen LogP contribution in [-0.2, 0) is 14.3 Å². The van der Waals surface area contributed by atoms with E-state index in [1.807, 2.05) is 13.8 Å². The number of rotatable bonds is 7. The van der Waals surface area contributed by atoms with E-state index in [4.69, 9.17) is 14.2 Å². The monoisotopic (exact) mass is 421 g/mol. The van der Waals surface area contributed by atoms with Crippen LogP contribution in [0.5, 0.6) is 11.5 Å². The van der Waals surface area contributed by atoms with E-state index < -0.39 is 29.3 Å². The maximum absolute atomic E-state index is 12.6. The minimum atomic E-state index is -0.690. The van der Waals surface area contributed by atoms with Crippen molar-refractivity contribution in [2.45, 2.75) is 52.7 Å². The summed E-state index contributed by atoms with van der Waals surface area (Å²) in [5.41, 5.74) is -0.00853. The summed E-state index contributed by atoms with van der Waals surface area (Å²) in [6, 6.07) is 5.28. The lowest BCUT2D eigenvalue weighted by Crippen LogP contribution is -2.37. The molecule has 158 valence electrons. The number of carbonyl (C=O) groups excluding carboxylic acids is 3.